The summed E-state index contributed by atoms with van der Waals surface area (Å²) in [5.74, 6) is 0. The van der Waals surface area contributed by atoms with Crippen LogP contribution >= 0.6 is 0 Å². The van der Waals surface area contributed by atoms with E-state index in [-0.39, 0.29) is 6.04 Å². The molecule has 0 aromatic heterocycles. The summed E-state index contributed by atoms with van der Waals surface area (Å²) in [5, 5.41) is 0. The van der Waals surface area contributed by atoms with Gasteiger partial charge in [0, 0.05) is 38.3 Å². The maximum atomic E-state index is 6.51. The van der Waals surface area contributed by atoms with Crippen LogP contribution in [0.5, 0.6) is 0 Å². The minimum atomic E-state index is 0.139. The Bertz CT molecular complexity index is 485. The molecule has 1 aromatic carbocycles. The Kier molecular flexibility index (Phi) is 4.63. The number of hydrogen-bond donors (Lipinski definition) is 1. The lowest BCUT2D eigenvalue weighted by Crippen LogP contribution is -2.55. The SMILES string of the molecule is Cc1ccc(C)c(C(N)CN2CCN3CCCCC3C2)c1. The highest BCUT2D eigenvalue weighted by Crippen LogP contribution is 2.23. The van der Waals surface area contributed by atoms with Crippen molar-refractivity contribution >= 4 is 0 Å². The fourth-order valence-electron chi connectivity index (χ4n) is 3.92. The average Bonchev–Trinajstić information content (AvgIpc) is 2.49. The molecule has 3 rings (SSSR count). The largest absolute Gasteiger partial charge is 0.323 e. The van der Waals surface area contributed by atoms with E-state index in [4.69, 9.17) is 5.73 Å². The maximum absolute atomic E-state index is 6.51. The third kappa shape index (κ3) is 3.47. The number of benzene rings is 1. The van der Waals surface area contributed by atoms with Gasteiger partial charge in [-0.2, -0.15) is 0 Å². The standard InChI is InChI=1S/C18H29N3/c1-14-6-7-15(2)17(11-14)18(19)13-20-9-10-21-8-4-3-5-16(21)12-20/h6-7,11,16,18H,3-5,8-10,12-13,19H2,1-2H3. The van der Waals surface area contributed by atoms with E-state index in [0.717, 1.165) is 12.6 Å². The van der Waals surface area contributed by atoms with Gasteiger partial charge in [-0.3, -0.25) is 9.80 Å². The van der Waals surface area contributed by atoms with Crippen molar-refractivity contribution < 1.29 is 0 Å². The van der Waals surface area contributed by atoms with E-state index in [1.807, 2.05) is 0 Å². The highest BCUT2D eigenvalue weighted by Gasteiger charge is 2.29. The van der Waals surface area contributed by atoms with Gasteiger partial charge in [0.05, 0.1) is 0 Å². The predicted molar refractivity (Wildman–Crippen MR) is 88.5 cm³/mol. The van der Waals surface area contributed by atoms with Crippen molar-refractivity contribution in [1.82, 2.24) is 9.80 Å². The summed E-state index contributed by atoms with van der Waals surface area (Å²) in [5.41, 5.74) is 10.5. The summed E-state index contributed by atoms with van der Waals surface area (Å²) < 4.78 is 0. The van der Waals surface area contributed by atoms with Crippen molar-refractivity contribution in [2.75, 3.05) is 32.7 Å². The number of rotatable bonds is 3. The molecule has 3 nitrogen and oxygen atoms in total. The smallest absolute Gasteiger partial charge is 0.0427 e. The topological polar surface area (TPSA) is 32.5 Å². The maximum Gasteiger partial charge on any atom is 0.0427 e. The molecular weight excluding hydrogens is 258 g/mol. The molecular formula is C18H29N3. The number of hydrogen-bond acceptors (Lipinski definition) is 3. The number of aryl methyl sites for hydroxylation is 2. The minimum Gasteiger partial charge on any atom is -0.323 e. The van der Waals surface area contributed by atoms with E-state index in [2.05, 4.69) is 41.8 Å². The van der Waals surface area contributed by atoms with Crippen LogP contribution < -0.4 is 5.73 Å². The summed E-state index contributed by atoms with van der Waals surface area (Å²) >= 11 is 0. The number of piperidine rings is 1. The molecule has 0 radical (unpaired) electrons. The third-order valence-electron chi connectivity index (χ3n) is 5.21. The van der Waals surface area contributed by atoms with Crippen LogP contribution in [0.2, 0.25) is 0 Å². The molecule has 0 amide bonds. The number of piperazine rings is 1. The number of nitrogens with two attached hydrogens (primary N) is 1. The molecule has 2 aliphatic heterocycles. The van der Waals surface area contributed by atoms with Crippen molar-refractivity contribution in [2.24, 2.45) is 5.73 Å². The summed E-state index contributed by atoms with van der Waals surface area (Å²) in [6.45, 7) is 10.2. The van der Waals surface area contributed by atoms with E-state index in [0.29, 0.717) is 0 Å². The van der Waals surface area contributed by atoms with Gasteiger partial charge in [-0.05, 0) is 44.4 Å². The van der Waals surface area contributed by atoms with E-state index < -0.39 is 0 Å². The average molecular weight is 287 g/mol. The van der Waals surface area contributed by atoms with Crippen LogP contribution in [0.4, 0.5) is 0 Å². The summed E-state index contributed by atoms with van der Waals surface area (Å²) in [7, 11) is 0. The lowest BCUT2D eigenvalue weighted by Gasteiger charge is -2.44. The molecule has 2 heterocycles. The number of nitrogens with zero attached hydrogens (tertiary/aromatic N) is 2. The Morgan fingerprint density at radius 1 is 1.19 bits per heavy atom. The lowest BCUT2D eigenvalue weighted by atomic mass is 9.97. The fraction of sp³-hybridized carbons (Fsp3) is 0.667. The first-order chi connectivity index (χ1) is 10.1. The first-order valence-electron chi connectivity index (χ1n) is 8.42. The monoisotopic (exact) mass is 287 g/mol. The van der Waals surface area contributed by atoms with Gasteiger partial charge in [0.1, 0.15) is 0 Å². The molecule has 2 saturated heterocycles. The van der Waals surface area contributed by atoms with Crippen LogP contribution in [-0.2, 0) is 0 Å². The van der Waals surface area contributed by atoms with Gasteiger partial charge in [-0.15, -0.1) is 0 Å². The van der Waals surface area contributed by atoms with Gasteiger partial charge in [0.2, 0.25) is 0 Å². The Morgan fingerprint density at radius 2 is 2.05 bits per heavy atom. The van der Waals surface area contributed by atoms with Crippen LogP contribution in [0.15, 0.2) is 18.2 Å². The zero-order valence-electron chi connectivity index (χ0n) is 13.5. The first kappa shape index (κ1) is 15.0. The molecule has 21 heavy (non-hydrogen) atoms. The Balaban J connectivity index is 1.62. The third-order valence-corrected chi connectivity index (χ3v) is 5.21. The van der Waals surface area contributed by atoms with Crippen LogP contribution in [0, 0.1) is 13.8 Å². The number of fused-ring (bicyclic) bond motifs is 1. The predicted octanol–water partition coefficient (Wildman–Crippen LogP) is 2.47. The van der Waals surface area contributed by atoms with Gasteiger partial charge in [0.15, 0.2) is 0 Å². The second-order valence-corrected chi connectivity index (χ2v) is 6.91. The molecule has 0 bridgehead atoms. The van der Waals surface area contributed by atoms with E-state index in [9.17, 15) is 0 Å². The minimum absolute atomic E-state index is 0.139. The zero-order valence-corrected chi connectivity index (χ0v) is 13.5. The summed E-state index contributed by atoms with van der Waals surface area (Å²) in [6, 6.07) is 7.55. The molecule has 3 heteroatoms. The highest BCUT2D eigenvalue weighted by molar-refractivity contribution is 5.33. The van der Waals surface area contributed by atoms with Crippen molar-refractivity contribution in [3.8, 4) is 0 Å². The first-order valence-corrected chi connectivity index (χ1v) is 8.42. The van der Waals surface area contributed by atoms with E-state index in [1.165, 1.54) is 62.1 Å². The quantitative estimate of drug-likeness (QED) is 0.927. The second kappa shape index (κ2) is 6.47. The summed E-state index contributed by atoms with van der Waals surface area (Å²) in [4.78, 5) is 5.27. The molecule has 0 spiro atoms. The van der Waals surface area contributed by atoms with E-state index in [1.54, 1.807) is 0 Å². The zero-order chi connectivity index (χ0) is 14.8. The summed E-state index contributed by atoms with van der Waals surface area (Å²) in [6.07, 6.45) is 4.16. The second-order valence-electron chi connectivity index (χ2n) is 6.91. The molecule has 2 atom stereocenters. The van der Waals surface area contributed by atoms with Gasteiger partial charge in [-0.1, -0.05) is 30.2 Å². The van der Waals surface area contributed by atoms with E-state index >= 15 is 0 Å². The molecule has 0 aliphatic carbocycles. The van der Waals surface area contributed by atoms with Crippen LogP contribution in [-0.4, -0.2) is 48.6 Å². The van der Waals surface area contributed by atoms with Crippen LogP contribution in [0.25, 0.3) is 0 Å². The molecule has 2 aliphatic rings. The van der Waals surface area contributed by atoms with Gasteiger partial charge in [-0.25, -0.2) is 0 Å². The van der Waals surface area contributed by atoms with Gasteiger partial charge >= 0.3 is 0 Å². The van der Waals surface area contributed by atoms with Crippen molar-refractivity contribution in [1.29, 1.82) is 0 Å². The molecule has 116 valence electrons. The molecule has 0 saturated carbocycles. The molecule has 1 aromatic rings. The van der Waals surface area contributed by atoms with Gasteiger partial charge < -0.3 is 5.73 Å². The van der Waals surface area contributed by atoms with Crippen molar-refractivity contribution in [2.45, 2.75) is 45.2 Å². The molecule has 2 unspecified atom stereocenters. The molecule has 2 fully saturated rings. The Labute approximate surface area is 129 Å². The van der Waals surface area contributed by atoms with Crippen LogP contribution in [0.3, 0.4) is 0 Å². The van der Waals surface area contributed by atoms with Gasteiger partial charge in [0.25, 0.3) is 0 Å². The molecule has 2 N–H and O–H groups in total. The Morgan fingerprint density at radius 3 is 2.90 bits per heavy atom. The normalized spacial score (nSPS) is 25.6. The lowest BCUT2D eigenvalue weighted by molar-refractivity contribution is 0.0466. The Hall–Kier alpha value is -0.900. The van der Waals surface area contributed by atoms with Crippen molar-refractivity contribution in [3.63, 3.8) is 0 Å². The highest BCUT2D eigenvalue weighted by atomic mass is 15.3. The fourth-order valence-corrected chi connectivity index (χ4v) is 3.92. The van der Waals surface area contributed by atoms with Crippen LogP contribution in [0.1, 0.15) is 42.0 Å². The van der Waals surface area contributed by atoms with Crippen molar-refractivity contribution in [3.05, 3.63) is 34.9 Å².